The lowest BCUT2D eigenvalue weighted by Gasteiger charge is -2.22. The summed E-state index contributed by atoms with van der Waals surface area (Å²) in [5, 5.41) is 11.2. The molecule has 11 heavy (non-hydrogen) atoms. The van der Waals surface area contributed by atoms with E-state index in [0.717, 1.165) is 18.8 Å². The van der Waals surface area contributed by atoms with Crippen LogP contribution in [0.25, 0.3) is 0 Å². The lowest BCUT2D eigenvalue weighted by Crippen LogP contribution is -2.14. The Kier molecular flexibility index (Phi) is 3.92. The van der Waals surface area contributed by atoms with Crippen molar-refractivity contribution in [1.29, 1.82) is 0 Å². The van der Waals surface area contributed by atoms with Crippen LogP contribution in [0.1, 0.15) is 51.9 Å². The quantitative estimate of drug-likeness (QED) is 0.596. The smallest absolute Gasteiger partial charge is 0.0930 e. The van der Waals surface area contributed by atoms with Gasteiger partial charge in [0, 0.05) is 0 Å². The maximum Gasteiger partial charge on any atom is 0.0930 e. The number of hydrogen-bond donors (Lipinski definition) is 0. The summed E-state index contributed by atoms with van der Waals surface area (Å²) in [4.78, 5) is 0. The van der Waals surface area contributed by atoms with E-state index in [-0.39, 0.29) is 6.10 Å². The van der Waals surface area contributed by atoms with E-state index in [9.17, 15) is 5.11 Å². The number of hydrogen-bond acceptors (Lipinski definition) is 0. The zero-order chi connectivity index (χ0) is 8.10. The van der Waals surface area contributed by atoms with Gasteiger partial charge in [-0.2, -0.15) is 0 Å². The molecule has 1 aliphatic rings. The van der Waals surface area contributed by atoms with Gasteiger partial charge in [0.15, 0.2) is 0 Å². The topological polar surface area (TPSA) is 19.9 Å². The summed E-state index contributed by atoms with van der Waals surface area (Å²) in [5.41, 5.74) is 0. The Morgan fingerprint density at radius 1 is 1.27 bits per heavy atom. The molecule has 65 valence electrons. The summed E-state index contributed by atoms with van der Waals surface area (Å²) in [6.07, 6.45) is 8.23. The molecule has 1 fully saturated rings. The van der Waals surface area contributed by atoms with Gasteiger partial charge in [-0.05, 0) is 18.8 Å². The third kappa shape index (κ3) is 3.24. The summed E-state index contributed by atoms with van der Waals surface area (Å²) in [6, 6.07) is 0. The van der Waals surface area contributed by atoms with Crippen LogP contribution in [-0.2, 0) is 5.11 Å². The molecule has 1 unspecified atom stereocenters. The van der Waals surface area contributed by atoms with Gasteiger partial charge in [-0.1, -0.05) is 39.0 Å². The van der Waals surface area contributed by atoms with Crippen molar-refractivity contribution >= 4 is 0 Å². The average molecular weight is 155 g/mol. The molecule has 0 N–H and O–H groups in total. The van der Waals surface area contributed by atoms with E-state index in [1.54, 1.807) is 0 Å². The third-order valence-corrected chi connectivity index (χ3v) is 2.78. The maximum atomic E-state index is 11.2. The monoisotopic (exact) mass is 155 g/mol. The molecule has 1 aliphatic carbocycles. The van der Waals surface area contributed by atoms with Crippen LogP contribution in [-0.4, -0.2) is 6.10 Å². The largest absolute Gasteiger partial charge is 0.233 e. The lowest BCUT2D eigenvalue weighted by atomic mass is 9.85. The molecule has 1 rings (SSSR count). The first-order valence-electron chi connectivity index (χ1n) is 4.98. The molecule has 0 heterocycles. The Balaban J connectivity index is 2.13. The van der Waals surface area contributed by atoms with Crippen LogP contribution >= 0.6 is 0 Å². The molecule has 0 saturated heterocycles. The highest BCUT2D eigenvalue weighted by molar-refractivity contribution is 4.68. The average Bonchev–Trinajstić information content (AvgIpc) is 2.06. The van der Waals surface area contributed by atoms with Crippen molar-refractivity contribution in [3.05, 3.63) is 0 Å². The van der Waals surface area contributed by atoms with Gasteiger partial charge >= 0.3 is 0 Å². The van der Waals surface area contributed by atoms with Gasteiger partial charge in [0.2, 0.25) is 0 Å². The highest BCUT2D eigenvalue weighted by atomic mass is 16.3. The third-order valence-electron chi connectivity index (χ3n) is 2.78. The summed E-state index contributed by atoms with van der Waals surface area (Å²) in [6.45, 7) is 2.00. The predicted molar refractivity (Wildman–Crippen MR) is 46.0 cm³/mol. The molecule has 0 aromatic carbocycles. The van der Waals surface area contributed by atoms with Gasteiger partial charge in [0.05, 0.1) is 6.10 Å². The van der Waals surface area contributed by atoms with E-state index in [1.165, 1.54) is 32.1 Å². The molecule has 1 radical (unpaired) electrons. The Hall–Kier alpha value is -0.0400. The molecule has 0 amide bonds. The van der Waals surface area contributed by atoms with Gasteiger partial charge in [-0.15, -0.1) is 0 Å². The molecule has 1 saturated carbocycles. The standard InChI is InChI=1S/C10H19O/c1-2-10(11)8-9-6-4-3-5-7-9/h9-10H,2-8H2,1H3. The Morgan fingerprint density at radius 2 is 1.91 bits per heavy atom. The lowest BCUT2D eigenvalue weighted by molar-refractivity contribution is 0.0567. The predicted octanol–water partition coefficient (Wildman–Crippen LogP) is 3.17. The van der Waals surface area contributed by atoms with Gasteiger partial charge < -0.3 is 0 Å². The SMILES string of the molecule is CCC([O])CC1CCCCC1. The first-order valence-corrected chi connectivity index (χ1v) is 4.98. The normalized spacial score (nSPS) is 23.5. The molecule has 0 aromatic rings. The van der Waals surface area contributed by atoms with E-state index >= 15 is 0 Å². The van der Waals surface area contributed by atoms with Crippen LogP contribution in [0.4, 0.5) is 0 Å². The fourth-order valence-electron chi connectivity index (χ4n) is 1.96. The molecule has 1 atom stereocenters. The van der Waals surface area contributed by atoms with E-state index in [1.807, 2.05) is 6.92 Å². The summed E-state index contributed by atoms with van der Waals surface area (Å²) in [7, 11) is 0. The van der Waals surface area contributed by atoms with Gasteiger partial charge in [0.25, 0.3) is 0 Å². The molecular formula is C10H19O. The van der Waals surface area contributed by atoms with E-state index in [2.05, 4.69) is 0 Å². The van der Waals surface area contributed by atoms with Crippen molar-refractivity contribution in [3.63, 3.8) is 0 Å². The van der Waals surface area contributed by atoms with Crippen molar-refractivity contribution in [2.75, 3.05) is 0 Å². The minimum Gasteiger partial charge on any atom is -0.233 e. The van der Waals surface area contributed by atoms with Crippen LogP contribution in [0.5, 0.6) is 0 Å². The van der Waals surface area contributed by atoms with Crippen molar-refractivity contribution in [2.45, 2.75) is 58.0 Å². The summed E-state index contributed by atoms with van der Waals surface area (Å²) >= 11 is 0. The molecule has 0 aromatic heterocycles. The van der Waals surface area contributed by atoms with Crippen LogP contribution in [0.3, 0.4) is 0 Å². The fraction of sp³-hybridized carbons (Fsp3) is 1.00. The van der Waals surface area contributed by atoms with Crippen molar-refractivity contribution < 1.29 is 5.11 Å². The minimum atomic E-state index is -0.280. The zero-order valence-electron chi connectivity index (χ0n) is 7.51. The van der Waals surface area contributed by atoms with E-state index in [4.69, 9.17) is 0 Å². The van der Waals surface area contributed by atoms with Gasteiger partial charge in [0.1, 0.15) is 0 Å². The Labute approximate surface area is 69.8 Å². The minimum absolute atomic E-state index is 0.280. The van der Waals surface area contributed by atoms with E-state index in [0.29, 0.717) is 0 Å². The van der Waals surface area contributed by atoms with E-state index < -0.39 is 0 Å². The Bertz CT molecular complexity index is 95.0. The fourth-order valence-corrected chi connectivity index (χ4v) is 1.96. The van der Waals surface area contributed by atoms with Crippen molar-refractivity contribution in [1.82, 2.24) is 0 Å². The molecule has 0 bridgehead atoms. The van der Waals surface area contributed by atoms with Crippen molar-refractivity contribution in [3.8, 4) is 0 Å². The maximum absolute atomic E-state index is 11.2. The summed E-state index contributed by atoms with van der Waals surface area (Å²) < 4.78 is 0. The highest BCUT2D eigenvalue weighted by Gasteiger charge is 2.16. The zero-order valence-corrected chi connectivity index (χ0v) is 7.51. The second-order valence-electron chi connectivity index (χ2n) is 3.77. The second kappa shape index (κ2) is 4.76. The molecule has 0 spiro atoms. The molecular weight excluding hydrogens is 136 g/mol. The first kappa shape index (κ1) is 9.05. The van der Waals surface area contributed by atoms with Crippen LogP contribution in [0.15, 0.2) is 0 Å². The van der Waals surface area contributed by atoms with Crippen LogP contribution < -0.4 is 0 Å². The van der Waals surface area contributed by atoms with Crippen LogP contribution in [0, 0.1) is 5.92 Å². The summed E-state index contributed by atoms with van der Waals surface area (Å²) in [5.74, 6) is 0.770. The van der Waals surface area contributed by atoms with Crippen LogP contribution in [0.2, 0.25) is 0 Å². The molecule has 1 heteroatoms. The second-order valence-corrected chi connectivity index (χ2v) is 3.77. The number of rotatable bonds is 3. The Morgan fingerprint density at radius 3 is 2.45 bits per heavy atom. The van der Waals surface area contributed by atoms with Crippen molar-refractivity contribution in [2.24, 2.45) is 5.92 Å². The van der Waals surface area contributed by atoms with Gasteiger partial charge in [-0.3, -0.25) is 0 Å². The first-order chi connectivity index (χ1) is 5.33. The molecule has 0 aliphatic heterocycles. The molecule has 1 nitrogen and oxygen atoms in total. The highest BCUT2D eigenvalue weighted by Crippen LogP contribution is 2.27. The van der Waals surface area contributed by atoms with Gasteiger partial charge in [-0.25, -0.2) is 5.11 Å².